The number of nitrogens with one attached hydrogen (secondary N) is 2. The van der Waals surface area contributed by atoms with Gasteiger partial charge in [0.1, 0.15) is 0 Å². The van der Waals surface area contributed by atoms with Crippen molar-refractivity contribution in [3.8, 4) is 5.75 Å². The molecule has 1 aromatic rings. The number of benzene rings is 1. The number of anilines is 1. The van der Waals surface area contributed by atoms with E-state index in [1.807, 2.05) is 0 Å². The van der Waals surface area contributed by atoms with Gasteiger partial charge in [-0.05, 0) is 44.2 Å². The smallest absolute Gasteiger partial charge is 0.387 e. The minimum atomic E-state index is -3.10. The summed E-state index contributed by atoms with van der Waals surface area (Å²) in [6.07, 6.45) is 7.57. The van der Waals surface area contributed by atoms with Crippen LogP contribution in [-0.2, 0) is 0 Å². The van der Waals surface area contributed by atoms with Gasteiger partial charge in [0.15, 0.2) is 11.6 Å². The Kier molecular flexibility index (Phi) is 6.31. The molecule has 0 saturated heterocycles. The van der Waals surface area contributed by atoms with Crippen LogP contribution in [0.3, 0.4) is 0 Å². The molecule has 0 aromatic heterocycles. The van der Waals surface area contributed by atoms with E-state index in [0.29, 0.717) is 6.54 Å². The first kappa shape index (κ1) is 17.2. The van der Waals surface area contributed by atoms with Gasteiger partial charge in [0.05, 0.1) is 0 Å². The summed E-state index contributed by atoms with van der Waals surface area (Å²) in [5.74, 6) is -1.52. The quantitative estimate of drug-likeness (QED) is 0.759. The van der Waals surface area contributed by atoms with Crippen molar-refractivity contribution < 1.29 is 22.7 Å². The standard InChI is InChI=1S/C16H19F3N2O2/c17-13-10-12(6-7-14(13)23-15(18)19)21-16(22)20-9-8-11-4-2-1-3-5-11/h4,6-7,10,15H,1-3,5,8-9H2,(H2,20,21,22). The fraction of sp³-hybridized carbons (Fsp3) is 0.438. The molecule has 1 aliphatic rings. The summed E-state index contributed by atoms with van der Waals surface area (Å²) in [6, 6.07) is 2.80. The molecule has 0 atom stereocenters. The van der Waals surface area contributed by atoms with Crippen molar-refractivity contribution in [1.82, 2.24) is 5.32 Å². The molecule has 1 aromatic carbocycles. The number of alkyl halides is 2. The number of rotatable bonds is 6. The lowest BCUT2D eigenvalue weighted by Crippen LogP contribution is -2.29. The van der Waals surface area contributed by atoms with Gasteiger partial charge in [-0.25, -0.2) is 9.18 Å². The molecule has 23 heavy (non-hydrogen) atoms. The number of carbonyl (C=O) groups excluding carboxylic acids is 1. The van der Waals surface area contributed by atoms with Gasteiger partial charge in [-0.2, -0.15) is 8.78 Å². The number of hydrogen-bond acceptors (Lipinski definition) is 2. The molecule has 0 aliphatic heterocycles. The van der Waals surface area contributed by atoms with Crippen LogP contribution >= 0.6 is 0 Å². The third kappa shape index (κ3) is 5.84. The van der Waals surface area contributed by atoms with E-state index in [1.54, 1.807) is 0 Å². The lowest BCUT2D eigenvalue weighted by atomic mass is 9.97. The molecule has 0 saturated carbocycles. The minimum absolute atomic E-state index is 0.165. The summed E-state index contributed by atoms with van der Waals surface area (Å²) < 4.78 is 41.6. The Morgan fingerprint density at radius 2 is 2.13 bits per heavy atom. The third-order valence-corrected chi connectivity index (χ3v) is 3.52. The first-order valence-corrected chi connectivity index (χ1v) is 7.51. The highest BCUT2D eigenvalue weighted by Crippen LogP contribution is 2.23. The summed E-state index contributed by atoms with van der Waals surface area (Å²) in [5, 5.41) is 5.13. The summed E-state index contributed by atoms with van der Waals surface area (Å²) in [4.78, 5) is 11.7. The minimum Gasteiger partial charge on any atom is -0.432 e. The molecule has 7 heteroatoms. The number of carbonyl (C=O) groups is 1. The van der Waals surface area contributed by atoms with E-state index in [9.17, 15) is 18.0 Å². The van der Waals surface area contributed by atoms with Crippen molar-refractivity contribution in [2.24, 2.45) is 0 Å². The van der Waals surface area contributed by atoms with Crippen molar-refractivity contribution in [1.29, 1.82) is 0 Å². The predicted octanol–water partition coefficient (Wildman–Crippen LogP) is 4.44. The van der Waals surface area contributed by atoms with Crippen molar-refractivity contribution in [2.75, 3.05) is 11.9 Å². The van der Waals surface area contributed by atoms with Crippen LogP contribution in [0.4, 0.5) is 23.7 Å². The number of urea groups is 1. The molecule has 0 radical (unpaired) electrons. The Labute approximate surface area is 132 Å². The second-order valence-electron chi connectivity index (χ2n) is 5.26. The number of amides is 2. The molecule has 2 N–H and O–H groups in total. The number of ether oxygens (including phenoxy) is 1. The molecule has 0 bridgehead atoms. The third-order valence-electron chi connectivity index (χ3n) is 3.52. The maximum absolute atomic E-state index is 13.5. The van der Waals surface area contributed by atoms with Crippen LogP contribution in [0.2, 0.25) is 0 Å². The van der Waals surface area contributed by atoms with Gasteiger partial charge in [0.25, 0.3) is 0 Å². The monoisotopic (exact) mass is 328 g/mol. The highest BCUT2D eigenvalue weighted by Gasteiger charge is 2.11. The first-order valence-electron chi connectivity index (χ1n) is 7.51. The van der Waals surface area contributed by atoms with E-state index >= 15 is 0 Å². The maximum atomic E-state index is 13.5. The van der Waals surface area contributed by atoms with Crippen LogP contribution in [0, 0.1) is 5.82 Å². The van der Waals surface area contributed by atoms with E-state index in [1.165, 1.54) is 24.5 Å². The summed E-state index contributed by atoms with van der Waals surface area (Å²) in [6.45, 7) is -2.60. The number of halogens is 3. The lowest BCUT2D eigenvalue weighted by molar-refractivity contribution is -0.0521. The average Bonchev–Trinajstić information content (AvgIpc) is 2.51. The molecule has 0 fully saturated rings. The zero-order chi connectivity index (χ0) is 16.7. The van der Waals surface area contributed by atoms with E-state index in [2.05, 4.69) is 21.4 Å². The van der Waals surface area contributed by atoms with Crippen LogP contribution < -0.4 is 15.4 Å². The average molecular weight is 328 g/mol. The van der Waals surface area contributed by atoms with Crippen LogP contribution in [0.15, 0.2) is 29.8 Å². The zero-order valence-corrected chi connectivity index (χ0v) is 12.6. The molecule has 0 spiro atoms. The van der Waals surface area contributed by atoms with Crippen molar-refractivity contribution in [3.05, 3.63) is 35.7 Å². The molecule has 2 rings (SSSR count). The second-order valence-corrected chi connectivity index (χ2v) is 5.26. The van der Waals surface area contributed by atoms with Crippen LogP contribution in [0.1, 0.15) is 32.1 Å². The van der Waals surface area contributed by atoms with Gasteiger partial charge < -0.3 is 15.4 Å². The normalized spacial score (nSPS) is 14.3. The molecular weight excluding hydrogens is 309 g/mol. The van der Waals surface area contributed by atoms with Crippen molar-refractivity contribution in [3.63, 3.8) is 0 Å². The molecule has 4 nitrogen and oxygen atoms in total. The van der Waals surface area contributed by atoms with Crippen LogP contribution in [-0.4, -0.2) is 19.2 Å². The molecule has 1 aliphatic carbocycles. The topological polar surface area (TPSA) is 50.4 Å². The molecule has 0 unspecified atom stereocenters. The van der Waals surface area contributed by atoms with Crippen LogP contribution in [0.25, 0.3) is 0 Å². The van der Waals surface area contributed by atoms with E-state index in [0.717, 1.165) is 31.4 Å². The summed E-state index contributed by atoms with van der Waals surface area (Å²) in [7, 11) is 0. The second kappa shape index (κ2) is 8.45. The SMILES string of the molecule is O=C(NCCC1=CCCCC1)Nc1ccc(OC(F)F)c(F)c1. The Bertz CT molecular complexity index is 576. The van der Waals surface area contributed by atoms with Crippen molar-refractivity contribution >= 4 is 11.7 Å². The van der Waals surface area contributed by atoms with E-state index < -0.39 is 24.2 Å². The Balaban J connectivity index is 1.78. The number of hydrogen-bond donors (Lipinski definition) is 2. The summed E-state index contributed by atoms with van der Waals surface area (Å²) in [5.41, 5.74) is 1.51. The first-order chi connectivity index (χ1) is 11.0. The van der Waals surface area contributed by atoms with Gasteiger partial charge in [-0.3, -0.25) is 0 Å². The van der Waals surface area contributed by atoms with Gasteiger partial charge in [0.2, 0.25) is 0 Å². The fourth-order valence-electron chi connectivity index (χ4n) is 2.41. The molecule has 126 valence electrons. The van der Waals surface area contributed by atoms with Gasteiger partial charge >= 0.3 is 12.6 Å². The maximum Gasteiger partial charge on any atom is 0.387 e. The Hall–Kier alpha value is -2.18. The Morgan fingerprint density at radius 1 is 1.30 bits per heavy atom. The van der Waals surface area contributed by atoms with Crippen molar-refractivity contribution in [2.45, 2.75) is 38.7 Å². The predicted molar refractivity (Wildman–Crippen MR) is 81.2 cm³/mol. The van der Waals surface area contributed by atoms with Gasteiger partial charge in [-0.1, -0.05) is 11.6 Å². The highest BCUT2D eigenvalue weighted by atomic mass is 19.3. The zero-order valence-electron chi connectivity index (χ0n) is 12.6. The summed E-state index contributed by atoms with van der Waals surface area (Å²) >= 11 is 0. The highest BCUT2D eigenvalue weighted by molar-refractivity contribution is 5.89. The largest absolute Gasteiger partial charge is 0.432 e. The molecule has 2 amide bonds. The Morgan fingerprint density at radius 3 is 2.78 bits per heavy atom. The van der Waals surface area contributed by atoms with E-state index in [-0.39, 0.29) is 5.69 Å². The number of allylic oxidation sites excluding steroid dienone is 1. The lowest BCUT2D eigenvalue weighted by Gasteiger charge is -2.13. The van der Waals surface area contributed by atoms with Gasteiger partial charge in [0, 0.05) is 18.3 Å². The fourth-order valence-corrected chi connectivity index (χ4v) is 2.41. The van der Waals surface area contributed by atoms with Gasteiger partial charge in [-0.15, -0.1) is 0 Å². The van der Waals surface area contributed by atoms with E-state index in [4.69, 9.17) is 0 Å². The molecular formula is C16H19F3N2O2. The molecule has 0 heterocycles. The van der Waals surface area contributed by atoms with Crippen LogP contribution in [0.5, 0.6) is 5.75 Å².